The van der Waals surface area contributed by atoms with Crippen LogP contribution in [-0.2, 0) is 14.2 Å². The molecule has 1 aliphatic rings. The lowest BCUT2D eigenvalue weighted by atomic mass is 10.1. The molecule has 2 N–H and O–H groups in total. The topological polar surface area (TPSA) is 137 Å². The molecule has 0 aliphatic carbocycles. The van der Waals surface area contributed by atoms with Crippen LogP contribution in [0, 0.1) is 0 Å². The van der Waals surface area contributed by atoms with E-state index in [4.69, 9.17) is 14.2 Å². The Balaban J connectivity index is 1.56. The molecule has 0 amide bonds. The maximum Gasteiger partial charge on any atom is 0.338 e. The molecule has 170 valence electrons. The number of carbonyl (C=O) groups is 2. The second-order valence-electron chi connectivity index (χ2n) is 7.27. The smallest absolute Gasteiger partial charge is 0.338 e. The predicted molar refractivity (Wildman–Crippen MR) is 114 cm³/mol. The molecule has 2 heterocycles. The summed E-state index contributed by atoms with van der Waals surface area (Å²) in [6.07, 6.45) is -3.96. The number of nitrogens with zero attached hydrogens (tertiary/aromatic N) is 1. The van der Waals surface area contributed by atoms with E-state index in [0.29, 0.717) is 5.56 Å². The van der Waals surface area contributed by atoms with Crippen LogP contribution < -0.4 is 11.2 Å². The van der Waals surface area contributed by atoms with Crippen molar-refractivity contribution in [3.63, 3.8) is 0 Å². The number of hydrogen-bond acceptors (Lipinski definition) is 8. The molecule has 0 bridgehead atoms. The highest BCUT2D eigenvalue weighted by molar-refractivity contribution is 5.90. The lowest BCUT2D eigenvalue weighted by molar-refractivity contribution is -0.0614. The van der Waals surface area contributed by atoms with Gasteiger partial charge in [0, 0.05) is 12.3 Å². The number of nitrogens with one attached hydrogen (secondary N) is 1. The van der Waals surface area contributed by atoms with Crippen molar-refractivity contribution < 1.29 is 28.9 Å². The van der Waals surface area contributed by atoms with Gasteiger partial charge in [0.1, 0.15) is 18.8 Å². The summed E-state index contributed by atoms with van der Waals surface area (Å²) < 4.78 is 17.5. The Kier molecular flexibility index (Phi) is 6.48. The molecular formula is C23H20N2O8. The van der Waals surface area contributed by atoms with E-state index in [1.165, 1.54) is 0 Å². The number of carbonyl (C=O) groups excluding carboxylic acids is 2. The third-order valence-corrected chi connectivity index (χ3v) is 5.08. The first-order valence-corrected chi connectivity index (χ1v) is 10.1. The number of aromatic nitrogens is 2. The Labute approximate surface area is 187 Å². The molecule has 33 heavy (non-hydrogen) atoms. The summed E-state index contributed by atoms with van der Waals surface area (Å²) in [5, 5.41) is 10.8. The van der Waals surface area contributed by atoms with Crippen molar-refractivity contribution >= 4 is 11.9 Å². The average molecular weight is 452 g/mol. The number of H-pyrrole nitrogens is 1. The van der Waals surface area contributed by atoms with Crippen LogP contribution in [-0.4, -0.2) is 51.5 Å². The van der Waals surface area contributed by atoms with Gasteiger partial charge in [-0.25, -0.2) is 14.4 Å². The summed E-state index contributed by atoms with van der Waals surface area (Å²) in [5.74, 6) is -1.36. The number of aromatic amines is 1. The van der Waals surface area contributed by atoms with E-state index in [2.05, 4.69) is 4.98 Å². The van der Waals surface area contributed by atoms with Crippen molar-refractivity contribution in [3.8, 4) is 0 Å². The van der Waals surface area contributed by atoms with Gasteiger partial charge in [-0.05, 0) is 24.3 Å². The lowest BCUT2D eigenvalue weighted by Crippen LogP contribution is -2.40. The van der Waals surface area contributed by atoms with Crippen LogP contribution in [0.5, 0.6) is 0 Å². The highest BCUT2D eigenvalue weighted by Crippen LogP contribution is 2.31. The van der Waals surface area contributed by atoms with Crippen LogP contribution in [0.2, 0.25) is 0 Å². The fourth-order valence-corrected chi connectivity index (χ4v) is 3.44. The van der Waals surface area contributed by atoms with E-state index in [-0.39, 0.29) is 12.2 Å². The summed E-state index contributed by atoms with van der Waals surface area (Å²) in [5.41, 5.74) is -0.887. The van der Waals surface area contributed by atoms with Gasteiger partial charge >= 0.3 is 17.6 Å². The Hall–Kier alpha value is -4.02. The normalized spacial score (nSPS) is 22.0. The molecule has 4 rings (SSSR count). The van der Waals surface area contributed by atoms with Crippen molar-refractivity contribution in [1.82, 2.24) is 9.55 Å². The SMILES string of the molecule is O=C(OC[C@H]1O[C@@H](n2ccc(=O)[nH]c2=O)C(O)C1OC(=O)c1ccccc1)c1ccccc1. The molecule has 1 aliphatic heterocycles. The molecule has 1 saturated heterocycles. The summed E-state index contributed by atoms with van der Waals surface area (Å²) in [4.78, 5) is 50.6. The number of aliphatic hydroxyl groups excluding tert-OH is 1. The number of hydrogen-bond donors (Lipinski definition) is 2. The zero-order valence-electron chi connectivity index (χ0n) is 17.2. The van der Waals surface area contributed by atoms with E-state index < -0.39 is 47.7 Å². The van der Waals surface area contributed by atoms with Gasteiger partial charge < -0.3 is 19.3 Å². The molecule has 2 aromatic carbocycles. The van der Waals surface area contributed by atoms with E-state index in [9.17, 15) is 24.3 Å². The first-order chi connectivity index (χ1) is 15.9. The van der Waals surface area contributed by atoms with E-state index in [1.54, 1.807) is 60.7 Å². The molecule has 3 aromatic rings. The monoisotopic (exact) mass is 452 g/mol. The van der Waals surface area contributed by atoms with E-state index in [0.717, 1.165) is 16.8 Å². The third kappa shape index (κ3) is 4.92. The molecule has 0 saturated carbocycles. The third-order valence-electron chi connectivity index (χ3n) is 5.08. The average Bonchev–Trinajstić information content (AvgIpc) is 3.13. The number of aliphatic hydroxyl groups is 1. The number of benzene rings is 2. The number of esters is 2. The van der Waals surface area contributed by atoms with E-state index in [1.807, 2.05) is 0 Å². The minimum atomic E-state index is -1.48. The van der Waals surface area contributed by atoms with Gasteiger partial charge in [-0.15, -0.1) is 0 Å². The lowest BCUT2D eigenvalue weighted by Gasteiger charge is -2.20. The summed E-state index contributed by atoms with van der Waals surface area (Å²) >= 11 is 0. The number of rotatable bonds is 6. The largest absolute Gasteiger partial charge is 0.459 e. The Morgan fingerprint density at radius 1 is 0.939 bits per heavy atom. The van der Waals surface area contributed by atoms with Gasteiger partial charge in [0.15, 0.2) is 12.3 Å². The molecule has 10 heteroatoms. The van der Waals surface area contributed by atoms with E-state index >= 15 is 0 Å². The zero-order chi connectivity index (χ0) is 23.4. The minimum Gasteiger partial charge on any atom is -0.459 e. The molecule has 4 atom stereocenters. The van der Waals surface area contributed by atoms with Gasteiger partial charge in [-0.2, -0.15) is 0 Å². The van der Waals surface area contributed by atoms with Crippen LogP contribution in [0.3, 0.4) is 0 Å². The van der Waals surface area contributed by atoms with Gasteiger partial charge in [0.2, 0.25) is 0 Å². The summed E-state index contributed by atoms with van der Waals surface area (Å²) in [7, 11) is 0. The Morgan fingerprint density at radius 2 is 1.55 bits per heavy atom. The standard InChI is InChI=1S/C23H20N2O8/c26-17-11-12-25(23(30)24-17)20-18(27)19(33-22(29)15-9-5-2-6-10-15)16(32-20)13-31-21(28)14-7-3-1-4-8-14/h1-12,16,18-20,27H,13H2,(H,24,26,30)/t16-,18?,19?,20-/m1/s1. The fraction of sp³-hybridized carbons (Fsp3) is 0.217. The first-order valence-electron chi connectivity index (χ1n) is 10.1. The molecule has 0 radical (unpaired) electrons. The maximum atomic E-state index is 12.6. The van der Waals surface area contributed by atoms with Crippen LogP contribution in [0.4, 0.5) is 0 Å². The van der Waals surface area contributed by atoms with Crippen molar-refractivity contribution in [2.75, 3.05) is 6.61 Å². The van der Waals surface area contributed by atoms with Crippen molar-refractivity contribution in [3.05, 3.63) is 105 Å². The first kappa shape index (κ1) is 22.2. The fourth-order valence-electron chi connectivity index (χ4n) is 3.44. The summed E-state index contributed by atoms with van der Waals surface area (Å²) in [6, 6.07) is 17.5. The van der Waals surface area contributed by atoms with Crippen molar-refractivity contribution in [1.29, 1.82) is 0 Å². The molecular weight excluding hydrogens is 432 g/mol. The van der Waals surface area contributed by atoms with Crippen molar-refractivity contribution in [2.24, 2.45) is 0 Å². The highest BCUT2D eigenvalue weighted by atomic mass is 16.6. The van der Waals surface area contributed by atoms with Gasteiger partial charge in [0.25, 0.3) is 5.56 Å². The van der Waals surface area contributed by atoms with Crippen LogP contribution in [0.1, 0.15) is 26.9 Å². The highest BCUT2D eigenvalue weighted by Gasteiger charge is 2.48. The molecule has 1 fully saturated rings. The van der Waals surface area contributed by atoms with Gasteiger partial charge in [0.05, 0.1) is 11.1 Å². The zero-order valence-corrected chi connectivity index (χ0v) is 17.2. The van der Waals surface area contributed by atoms with Crippen LogP contribution in [0.15, 0.2) is 82.5 Å². The minimum absolute atomic E-state index is 0.245. The van der Waals surface area contributed by atoms with Gasteiger partial charge in [-0.1, -0.05) is 36.4 Å². The molecule has 10 nitrogen and oxygen atoms in total. The molecule has 0 spiro atoms. The van der Waals surface area contributed by atoms with Crippen LogP contribution >= 0.6 is 0 Å². The second-order valence-corrected chi connectivity index (χ2v) is 7.27. The van der Waals surface area contributed by atoms with Crippen LogP contribution in [0.25, 0.3) is 0 Å². The predicted octanol–water partition coefficient (Wildman–Crippen LogP) is 0.878. The molecule has 1 aromatic heterocycles. The second kappa shape index (κ2) is 9.63. The Morgan fingerprint density at radius 3 is 2.15 bits per heavy atom. The Bertz CT molecular complexity index is 1240. The van der Waals surface area contributed by atoms with Gasteiger partial charge in [-0.3, -0.25) is 14.3 Å². The quantitative estimate of drug-likeness (QED) is 0.526. The number of ether oxygens (including phenoxy) is 3. The summed E-state index contributed by atoms with van der Waals surface area (Å²) in [6.45, 7) is -0.355. The maximum absolute atomic E-state index is 12.6. The molecule has 2 unspecified atom stereocenters. The van der Waals surface area contributed by atoms with Crippen molar-refractivity contribution in [2.45, 2.75) is 24.5 Å².